The minimum atomic E-state index is -0.814. The van der Waals surface area contributed by atoms with Crippen molar-refractivity contribution in [2.45, 2.75) is 32.7 Å². The van der Waals surface area contributed by atoms with Crippen LogP contribution in [-0.2, 0) is 4.79 Å². The highest BCUT2D eigenvalue weighted by atomic mass is 16.4. The quantitative estimate of drug-likeness (QED) is 0.917. The van der Waals surface area contributed by atoms with Gasteiger partial charge in [-0.05, 0) is 32.8 Å². The molecule has 1 fully saturated rings. The number of aromatic nitrogens is 4. The second-order valence-electron chi connectivity index (χ2n) is 5.26. The molecule has 0 bridgehead atoms. The zero-order valence-electron chi connectivity index (χ0n) is 12.0. The summed E-state index contributed by atoms with van der Waals surface area (Å²) in [5.74, 6) is 0.380. The van der Waals surface area contributed by atoms with Crippen molar-refractivity contribution in [3.8, 4) is 5.82 Å². The Morgan fingerprint density at radius 2 is 2.10 bits per heavy atom. The van der Waals surface area contributed by atoms with Crippen molar-refractivity contribution in [2.24, 2.45) is 0 Å². The molecule has 1 unspecified atom stereocenters. The van der Waals surface area contributed by atoms with E-state index < -0.39 is 12.0 Å². The molecule has 110 valence electrons. The summed E-state index contributed by atoms with van der Waals surface area (Å²) in [6.07, 6.45) is 4.73. The molecule has 1 aliphatic rings. The Hall–Kier alpha value is -2.44. The molecule has 0 amide bonds. The smallest absolute Gasteiger partial charge is 0.326 e. The molecule has 1 atom stereocenters. The van der Waals surface area contributed by atoms with Crippen LogP contribution in [-0.4, -0.2) is 43.4 Å². The Balaban J connectivity index is 1.97. The summed E-state index contributed by atoms with van der Waals surface area (Å²) in [4.78, 5) is 21.8. The molecule has 3 rings (SSSR count). The summed E-state index contributed by atoms with van der Waals surface area (Å²) < 4.78 is 1.72. The fourth-order valence-electron chi connectivity index (χ4n) is 2.74. The predicted molar refractivity (Wildman–Crippen MR) is 76.6 cm³/mol. The second-order valence-corrected chi connectivity index (χ2v) is 5.26. The minimum absolute atomic E-state index is 0.519. The van der Waals surface area contributed by atoms with Gasteiger partial charge in [0.2, 0.25) is 0 Å². The maximum atomic E-state index is 11.3. The van der Waals surface area contributed by atoms with Crippen LogP contribution in [0.3, 0.4) is 0 Å². The number of aryl methyl sites for hydroxylation is 2. The molecule has 7 nitrogen and oxygen atoms in total. The standard InChI is InChI=1S/C14H17N5O2/c1-9-6-10(2)19(17-9)13-8-15-7-12(16-13)18-5-3-4-11(18)14(20)21/h6-8,11H,3-5H2,1-2H3,(H,20,21). The van der Waals surface area contributed by atoms with Crippen LogP contribution < -0.4 is 4.90 Å². The Morgan fingerprint density at radius 1 is 1.33 bits per heavy atom. The topological polar surface area (TPSA) is 84.1 Å². The van der Waals surface area contributed by atoms with Crippen LogP contribution in [0.15, 0.2) is 18.5 Å². The third kappa shape index (κ3) is 2.46. The Kier molecular flexibility index (Phi) is 3.32. The Morgan fingerprint density at radius 3 is 2.76 bits per heavy atom. The molecule has 21 heavy (non-hydrogen) atoms. The van der Waals surface area contributed by atoms with Crippen molar-refractivity contribution in [1.29, 1.82) is 0 Å². The lowest BCUT2D eigenvalue weighted by Gasteiger charge is -2.22. The van der Waals surface area contributed by atoms with Crippen molar-refractivity contribution in [3.63, 3.8) is 0 Å². The van der Waals surface area contributed by atoms with Gasteiger partial charge in [-0.25, -0.2) is 14.5 Å². The van der Waals surface area contributed by atoms with Crippen molar-refractivity contribution < 1.29 is 9.90 Å². The van der Waals surface area contributed by atoms with Crippen molar-refractivity contribution in [1.82, 2.24) is 19.7 Å². The van der Waals surface area contributed by atoms with Gasteiger partial charge >= 0.3 is 5.97 Å². The number of rotatable bonds is 3. The lowest BCUT2D eigenvalue weighted by atomic mass is 10.2. The molecular formula is C14H17N5O2. The average molecular weight is 287 g/mol. The van der Waals surface area contributed by atoms with Gasteiger partial charge in [0.15, 0.2) is 5.82 Å². The summed E-state index contributed by atoms with van der Waals surface area (Å²) in [6.45, 7) is 4.55. The number of aliphatic carboxylic acids is 1. The van der Waals surface area contributed by atoms with Gasteiger partial charge < -0.3 is 10.0 Å². The van der Waals surface area contributed by atoms with Gasteiger partial charge in [0.1, 0.15) is 11.9 Å². The number of hydrogen-bond donors (Lipinski definition) is 1. The molecule has 0 saturated carbocycles. The molecule has 2 aromatic heterocycles. The first-order valence-electron chi connectivity index (χ1n) is 6.91. The maximum Gasteiger partial charge on any atom is 0.326 e. The van der Waals surface area contributed by atoms with Gasteiger partial charge in [0.05, 0.1) is 18.1 Å². The van der Waals surface area contributed by atoms with E-state index in [1.54, 1.807) is 22.0 Å². The number of hydrogen-bond acceptors (Lipinski definition) is 5. The van der Waals surface area contributed by atoms with E-state index in [4.69, 9.17) is 0 Å². The minimum Gasteiger partial charge on any atom is -0.480 e. The van der Waals surface area contributed by atoms with Crippen LogP contribution in [0.2, 0.25) is 0 Å². The summed E-state index contributed by atoms with van der Waals surface area (Å²) in [5.41, 5.74) is 1.87. The molecule has 1 N–H and O–H groups in total. The summed E-state index contributed by atoms with van der Waals surface area (Å²) in [6, 6.07) is 1.44. The second kappa shape index (κ2) is 5.16. The van der Waals surface area contributed by atoms with Crippen LogP contribution in [0.5, 0.6) is 0 Å². The van der Waals surface area contributed by atoms with Gasteiger partial charge in [-0.2, -0.15) is 5.10 Å². The number of carboxylic acid groups (broad SMARTS) is 1. The van der Waals surface area contributed by atoms with Crippen LogP contribution in [0.25, 0.3) is 5.82 Å². The maximum absolute atomic E-state index is 11.3. The third-order valence-electron chi connectivity index (χ3n) is 3.67. The summed E-state index contributed by atoms with van der Waals surface area (Å²) in [7, 11) is 0. The highest BCUT2D eigenvalue weighted by molar-refractivity contribution is 5.78. The van der Waals surface area contributed by atoms with Gasteiger partial charge in [-0.1, -0.05) is 0 Å². The molecule has 1 aliphatic heterocycles. The zero-order valence-corrected chi connectivity index (χ0v) is 12.0. The molecule has 3 heterocycles. The van der Waals surface area contributed by atoms with E-state index in [1.165, 1.54) is 0 Å². The van der Waals surface area contributed by atoms with Gasteiger partial charge in [0, 0.05) is 12.2 Å². The SMILES string of the molecule is Cc1cc(C)n(-c2cncc(N3CCCC3C(=O)O)n2)n1. The van der Waals surface area contributed by atoms with Crippen molar-refractivity contribution in [2.75, 3.05) is 11.4 Å². The first-order chi connectivity index (χ1) is 10.1. The predicted octanol–water partition coefficient (Wildman–Crippen LogP) is 1.33. The van der Waals surface area contributed by atoms with E-state index in [1.807, 2.05) is 19.9 Å². The van der Waals surface area contributed by atoms with Crippen LogP contribution >= 0.6 is 0 Å². The molecule has 7 heteroatoms. The number of anilines is 1. The Bertz CT molecular complexity index is 682. The number of nitrogens with zero attached hydrogens (tertiary/aromatic N) is 5. The van der Waals surface area contributed by atoms with E-state index in [2.05, 4.69) is 15.1 Å². The van der Waals surface area contributed by atoms with E-state index >= 15 is 0 Å². The fraction of sp³-hybridized carbons (Fsp3) is 0.429. The fourth-order valence-corrected chi connectivity index (χ4v) is 2.74. The monoisotopic (exact) mass is 287 g/mol. The largest absolute Gasteiger partial charge is 0.480 e. The molecule has 0 aliphatic carbocycles. The average Bonchev–Trinajstić information content (AvgIpc) is 3.05. The lowest BCUT2D eigenvalue weighted by molar-refractivity contribution is -0.138. The molecule has 2 aromatic rings. The normalized spacial score (nSPS) is 18.2. The van der Waals surface area contributed by atoms with Crippen LogP contribution in [0.1, 0.15) is 24.2 Å². The van der Waals surface area contributed by atoms with Gasteiger partial charge in [0.25, 0.3) is 0 Å². The van der Waals surface area contributed by atoms with E-state index in [0.29, 0.717) is 24.6 Å². The molecule has 0 radical (unpaired) electrons. The highest BCUT2D eigenvalue weighted by Crippen LogP contribution is 2.24. The van der Waals surface area contributed by atoms with E-state index in [-0.39, 0.29) is 0 Å². The lowest BCUT2D eigenvalue weighted by Crippen LogP contribution is -2.36. The number of carbonyl (C=O) groups is 1. The molecular weight excluding hydrogens is 270 g/mol. The summed E-state index contributed by atoms with van der Waals surface area (Å²) in [5, 5.41) is 13.7. The van der Waals surface area contributed by atoms with Gasteiger partial charge in [-0.3, -0.25) is 4.98 Å². The molecule has 0 spiro atoms. The first kappa shape index (κ1) is 13.5. The molecule has 0 aromatic carbocycles. The number of carboxylic acids is 1. The first-order valence-corrected chi connectivity index (χ1v) is 6.91. The highest BCUT2D eigenvalue weighted by Gasteiger charge is 2.31. The van der Waals surface area contributed by atoms with E-state index in [0.717, 1.165) is 17.8 Å². The Labute approximate surface area is 122 Å². The van der Waals surface area contributed by atoms with Crippen LogP contribution in [0, 0.1) is 13.8 Å². The zero-order chi connectivity index (χ0) is 15.0. The summed E-state index contributed by atoms with van der Waals surface area (Å²) >= 11 is 0. The molecule has 1 saturated heterocycles. The van der Waals surface area contributed by atoms with Crippen molar-refractivity contribution in [3.05, 3.63) is 29.8 Å². The van der Waals surface area contributed by atoms with Gasteiger partial charge in [-0.15, -0.1) is 0 Å². The van der Waals surface area contributed by atoms with E-state index in [9.17, 15) is 9.90 Å². The van der Waals surface area contributed by atoms with Crippen LogP contribution in [0.4, 0.5) is 5.82 Å². The third-order valence-corrected chi connectivity index (χ3v) is 3.67. The van der Waals surface area contributed by atoms with Crippen molar-refractivity contribution >= 4 is 11.8 Å².